The van der Waals surface area contributed by atoms with Crippen molar-refractivity contribution in [2.75, 3.05) is 0 Å². The van der Waals surface area contributed by atoms with Gasteiger partial charge in [-0.05, 0) is 55.2 Å². The Balaban J connectivity index is 2.17. The van der Waals surface area contributed by atoms with Crippen molar-refractivity contribution in [3.05, 3.63) is 45.9 Å². The fraction of sp³-hybridized carbons (Fsp3) is 0.308. The third-order valence-electron chi connectivity index (χ3n) is 2.83. The van der Waals surface area contributed by atoms with Crippen LogP contribution in [0.5, 0.6) is 0 Å². The first kappa shape index (κ1) is 15.4. The quantitative estimate of drug-likeness (QED) is 0.914. The molecule has 1 N–H and O–H groups in total. The summed E-state index contributed by atoms with van der Waals surface area (Å²) in [5.74, 6) is 0. The lowest BCUT2D eigenvalue weighted by Crippen LogP contribution is -2.27. The summed E-state index contributed by atoms with van der Waals surface area (Å²) >= 11 is 7.16. The number of rotatable bonds is 5. The van der Waals surface area contributed by atoms with E-state index in [2.05, 4.69) is 9.10 Å². The molecule has 1 unspecified atom stereocenters. The van der Waals surface area contributed by atoms with Gasteiger partial charge in [-0.15, -0.1) is 0 Å². The highest BCUT2D eigenvalue weighted by molar-refractivity contribution is 7.89. The van der Waals surface area contributed by atoms with E-state index in [4.69, 9.17) is 11.6 Å². The van der Waals surface area contributed by atoms with E-state index in [1.807, 2.05) is 13.0 Å². The molecule has 0 fully saturated rings. The number of nitrogens with one attached hydrogen (secondary N) is 1. The van der Waals surface area contributed by atoms with E-state index in [1.165, 1.54) is 23.7 Å². The Morgan fingerprint density at radius 2 is 2.00 bits per heavy atom. The first-order chi connectivity index (χ1) is 9.42. The van der Waals surface area contributed by atoms with Gasteiger partial charge >= 0.3 is 0 Å². The second kappa shape index (κ2) is 6.22. The first-order valence-electron chi connectivity index (χ1n) is 6.15. The molecule has 0 aliphatic rings. The number of nitrogens with zero attached hydrogens (tertiary/aromatic N) is 1. The second-order valence-electron chi connectivity index (χ2n) is 4.37. The minimum Gasteiger partial charge on any atom is -0.207 e. The third-order valence-corrected chi connectivity index (χ3v) is 5.58. The molecule has 20 heavy (non-hydrogen) atoms. The van der Waals surface area contributed by atoms with Crippen molar-refractivity contribution in [1.29, 1.82) is 0 Å². The van der Waals surface area contributed by atoms with Crippen LogP contribution in [-0.2, 0) is 16.4 Å². The van der Waals surface area contributed by atoms with Gasteiger partial charge in [-0.25, -0.2) is 13.1 Å². The Labute approximate surface area is 128 Å². The van der Waals surface area contributed by atoms with Crippen LogP contribution in [-0.4, -0.2) is 12.8 Å². The number of hydrogen-bond donors (Lipinski definition) is 1. The summed E-state index contributed by atoms with van der Waals surface area (Å²) in [6.45, 7) is 3.82. The molecule has 0 saturated carbocycles. The van der Waals surface area contributed by atoms with E-state index in [0.29, 0.717) is 5.02 Å². The Bertz CT molecular complexity index is 681. The minimum absolute atomic E-state index is 0.194. The third kappa shape index (κ3) is 3.58. The van der Waals surface area contributed by atoms with E-state index < -0.39 is 10.0 Å². The number of benzene rings is 1. The van der Waals surface area contributed by atoms with E-state index in [0.717, 1.165) is 17.0 Å². The molecule has 0 bridgehead atoms. The summed E-state index contributed by atoms with van der Waals surface area (Å²) in [5.41, 5.74) is 0.740. The second-order valence-corrected chi connectivity index (χ2v) is 7.41. The average molecular weight is 331 g/mol. The Morgan fingerprint density at radius 3 is 2.55 bits per heavy atom. The molecule has 0 amide bonds. The van der Waals surface area contributed by atoms with Crippen LogP contribution in [0.1, 0.15) is 30.5 Å². The zero-order valence-electron chi connectivity index (χ0n) is 11.1. The molecule has 0 spiro atoms. The summed E-state index contributed by atoms with van der Waals surface area (Å²) in [6.07, 6.45) is 0.897. The van der Waals surface area contributed by atoms with Crippen molar-refractivity contribution < 1.29 is 8.42 Å². The van der Waals surface area contributed by atoms with Crippen LogP contribution in [0.4, 0.5) is 0 Å². The maximum Gasteiger partial charge on any atom is 0.241 e. The van der Waals surface area contributed by atoms with Crippen molar-refractivity contribution in [3.8, 4) is 0 Å². The molecule has 0 saturated heterocycles. The number of halogens is 1. The maximum absolute atomic E-state index is 12.2. The smallest absolute Gasteiger partial charge is 0.207 e. The molecular formula is C13H15ClN2O2S2. The molecule has 1 atom stereocenters. The fourth-order valence-corrected chi connectivity index (χ4v) is 3.75. The Morgan fingerprint density at radius 1 is 1.35 bits per heavy atom. The highest BCUT2D eigenvalue weighted by Gasteiger charge is 2.19. The van der Waals surface area contributed by atoms with Crippen molar-refractivity contribution in [1.82, 2.24) is 9.10 Å². The average Bonchev–Trinajstić information content (AvgIpc) is 2.87. The zero-order valence-corrected chi connectivity index (χ0v) is 13.5. The zero-order chi connectivity index (χ0) is 14.8. The summed E-state index contributed by atoms with van der Waals surface area (Å²) in [5, 5.41) is 0.504. The van der Waals surface area contributed by atoms with E-state index >= 15 is 0 Å². The maximum atomic E-state index is 12.2. The SMILES string of the molecule is CCc1cc(C(C)NS(=O)(=O)c2ccc(Cl)cc2)ns1. The molecule has 2 aromatic rings. The highest BCUT2D eigenvalue weighted by Crippen LogP contribution is 2.20. The van der Waals surface area contributed by atoms with Gasteiger partial charge in [0.15, 0.2) is 0 Å². The minimum atomic E-state index is -3.57. The summed E-state index contributed by atoms with van der Waals surface area (Å²) in [6, 6.07) is 7.63. The van der Waals surface area contributed by atoms with Gasteiger partial charge in [0.05, 0.1) is 16.6 Å². The lowest BCUT2D eigenvalue weighted by Gasteiger charge is -2.12. The standard InChI is InChI=1S/C13H15ClN2O2S2/c1-3-11-8-13(15-19-11)9(2)16-20(17,18)12-6-4-10(14)5-7-12/h4-9,16H,3H2,1-2H3. The number of aryl methyl sites for hydroxylation is 1. The van der Waals surface area contributed by atoms with Crippen molar-refractivity contribution in [3.63, 3.8) is 0 Å². The number of hydrogen-bond acceptors (Lipinski definition) is 4. The molecule has 1 heterocycles. The Kier molecular flexibility index (Phi) is 4.80. The van der Waals surface area contributed by atoms with Gasteiger partial charge in [0.2, 0.25) is 10.0 Å². The lowest BCUT2D eigenvalue weighted by molar-refractivity contribution is 0.565. The molecule has 0 radical (unpaired) electrons. The van der Waals surface area contributed by atoms with Gasteiger partial charge in [-0.3, -0.25) is 0 Å². The summed E-state index contributed by atoms with van der Waals surface area (Å²) < 4.78 is 31.3. The number of aromatic nitrogens is 1. The predicted octanol–water partition coefficient (Wildman–Crippen LogP) is 3.40. The lowest BCUT2D eigenvalue weighted by atomic mass is 10.2. The van der Waals surface area contributed by atoms with E-state index in [-0.39, 0.29) is 10.9 Å². The summed E-state index contributed by atoms with van der Waals surface area (Å²) in [7, 11) is -3.57. The van der Waals surface area contributed by atoms with Gasteiger partial charge in [0.25, 0.3) is 0 Å². The van der Waals surface area contributed by atoms with Crippen LogP contribution in [0.2, 0.25) is 5.02 Å². The van der Waals surface area contributed by atoms with Gasteiger partial charge in [0.1, 0.15) is 0 Å². The predicted molar refractivity (Wildman–Crippen MR) is 81.7 cm³/mol. The van der Waals surface area contributed by atoms with E-state index in [1.54, 1.807) is 19.1 Å². The molecule has 0 aliphatic carbocycles. The Hall–Kier alpha value is -0.950. The van der Waals surface area contributed by atoms with Gasteiger partial charge in [0, 0.05) is 9.90 Å². The van der Waals surface area contributed by atoms with Crippen LogP contribution in [0.15, 0.2) is 35.2 Å². The van der Waals surface area contributed by atoms with Crippen LogP contribution in [0, 0.1) is 0 Å². The van der Waals surface area contributed by atoms with Crippen molar-refractivity contribution in [2.24, 2.45) is 0 Å². The van der Waals surface area contributed by atoms with Crippen molar-refractivity contribution in [2.45, 2.75) is 31.2 Å². The molecule has 1 aromatic carbocycles. The van der Waals surface area contributed by atoms with Gasteiger partial charge in [-0.1, -0.05) is 18.5 Å². The van der Waals surface area contributed by atoms with Crippen LogP contribution >= 0.6 is 23.1 Å². The van der Waals surface area contributed by atoms with Crippen LogP contribution in [0.3, 0.4) is 0 Å². The molecule has 0 aliphatic heterocycles. The molecule has 7 heteroatoms. The molecular weight excluding hydrogens is 316 g/mol. The topological polar surface area (TPSA) is 59.1 Å². The van der Waals surface area contributed by atoms with Gasteiger partial charge in [-0.2, -0.15) is 4.37 Å². The van der Waals surface area contributed by atoms with E-state index in [9.17, 15) is 8.42 Å². The van der Waals surface area contributed by atoms with Crippen LogP contribution < -0.4 is 4.72 Å². The molecule has 2 rings (SSSR count). The monoisotopic (exact) mass is 330 g/mol. The first-order valence-corrected chi connectivity index (χ1v) is 8.79. The fourth-order valence-electron chi connectivity index (χ4n) is 1.67. The largest absolute Gasteiger partial charge is 0.241 e. The normalized spacial score (nSPS) is 13.3. The highest BCUT2D eigenvalue weighted by atomic mass is 35.5. The van der Waals surface area contributed by atoms with Gasteiger partial charge < -0.3 is 0 Å². The number of sulfonamides is 1. The molecule has 1 aromatic heterocycles. The molecule has 108 valence electrons. The van der Waals surface area contributed by atoms with Crippen LogP contribution in [0.25, 0.3) is 0 Å². The molecule has 4 nitrogen and oxygen atoms in total. The van der Waals surface area contributed by atoms with Crippen molar-refractivity contribution >= 4 is 33.2 Å². The summed E-state index contributed by atoms with van der Waals surface area (Å²) in [4.78, 5) is 1.33.